The molecule has 0 spiro atoms. The van der Waals surface area contributed by atoms with Gasteiger partial charge in [0.1, 0.15) is 0 Å². The van der Waals surface area contributed by atoms with Crippen LogP contribution in [0.2, 0.25) is 0 Å². The second-order valence-electron chi connectivity index (χ2n) is 1.71. The van der Waals surface area contributed by atoms with Gasteiger partial charge >= 0.3 is 0 Å². The summed E-state index contributed by atoms with van der Waals surface area (Å²) in [6.45, 7) is 0. The summed E-state index contributed by atoms with van der Waals surface area (Å²) in [5.74, 6) is 3.31. The van der Waals surface area contributed by atoms with Gasteiger partial charge in [-0.2, -0.15) is 11.8 Å². The highest BCUT2D eigenvalue weighted by molar-refractivity contribution is 8.00. The molecule has 0 aliphatic heterocycles. The molecule has 0 aromatic rings. The smallest absolute Gasteiger partial charge is 0.0194 e. The molecule has 1 rings (SSSR count). The highest BCUT2D eigenvalue weighted by Gasteiger charge is 2.19. The Balaban J connectivity index is 1.88. The number of hydrogen-bond donors (Lipinski definition) is 0. The predicted octanol–water partition coefficient (Wildman–Crippen LogP) is 1.92. The lowest BCUT2D eigenvalue weighted by molar-refractivity contribution is 1.10. The molecular weight excluding hydrogens is 92.1 g/mol. The van der Waals surface area contributed by atoms with Gasteiger partial charge in [0, 0.05) is 5.75 Å². The number of thioether (sulfide) groups is 1. The molecule has 0 aromatic carbocycles. The van der Waals surface area contributed by atoms with Gasteiger partial charge in [-0.1, -0.05) is 0 Å². The fraction of sp³-hybridized carbons (Fsp3) is 0.800. The van der Waals surface area contributed by atoms with Crippen molar-refractivity contribution in [1.82, 2.24) is 0 Å². The van der Waals surface area contributed by atoms with Crippen LogP contribution in [0.25, 0.3) is 0 Å². The van der Waals surface area contributed by atoms with E-state index in [0.717, 1.165) is 5.92 Å². The van der Waals surface area contributed by atoms with E-state index in [-0.39, 0.29) is 0 Å². The molecule has 0 N–H and O–H groups in total. The van der Waals surface area contributed by atoms with E-state index in [0.29, 0.717) is 0 Å². The van der Waals surface area contributed by atoms with Gasteiger partial charge in [0.15, 0.2) is 0 Å². The fourth-order valence-electron chi connectivity index (χ4n) is 0.425. The van der Waals surface area contributed by atoms with Crippen molar-refractivity contribution in [3.8, 4) is 0 Å². The van der Waals surface area contributed by atoms with Crippen LogP contribution in [-0.4, -0.2) is 6.26 Å². The Morgan fingerprint density at radius 2 is 2.33 bits per heavy atom. The van der Waals surface area contributed by atoms with Crippen molar-refractivity contribution in [3.05, 3.63) is 5.75 Å². The van der Waals surface area contributed by atoms with Gasteiger partial charge in [-0.05, 0) is 25.0 Å². The molecule has 0 atom stereocenters. The zero-order valence-electron chi connectivity index (χ0n) is 3.98. The van der Waals surface area contributed by atoms with Crippen molar-refractivity contribution in [2.24, 2.45) is 5.92 Å². The van der Waals surface area contributed by atoms with E-state index in [2.05, 4.69) is 12.0 Å². The average Bonchev–Trinajstić information content (AvgIpc) is 2.21. The van der Waals surface area contributed by atoms with Crippen LogP contribution in [0.15, 0.2) is 0 Å². The van der Waals surface area contributed by atoms with Crippen molar-refractivity contribution in [1.29, 1.82) is 0 Å². The van der Waals surface area contributed by atoms with Crippen molar-refractivity contribution in [2.75, 3.05) is 6.26 Å². The van der Waals surface area contributed by atoms with E-state index in [1.807, 2.05) is 11.8 Å². The quantitative estimate of drug-likeness (QED) is 0.512. The molecule has 0 amide bonds. The first kappa shape index (κ1) is 4.51. The van der Waals surface area contributed by atoms with Crippen LogP contribution >= 0.6 is 11.8 Å². The molecule has 1 fully saturated rings. The standard InChI is InChI=1S/C5H9S/c1-6-4-5-2-3-5/h4-5H,2-3H2,1H3. The highest BCUT2D eigenvalue weighted by atomic mass is 32.2. The van der Waals surface area contributed by atoms with Gasteiger partial charge in [0.25, 0.3) is 0 Å². The summed E-state index contributed by atoms with van der Waals surface area (Å²) in [6.07, 6.45) is 5.01. The van der Waals surface area contributed by atoms with Gasteiger partial charge in [0.05, 0.1) is 0 Å². The van der Waals surface area contributed by atoms with Crippen molar-refractivity contribution in [3.63, 3.8) is 0 Å². The van der Waals surface area contributed by atoms with Crippen LogP contribution in [0.4, 0.5) is 0 Å². The normalized spacial score (nSPS) is 21.5. The molecule has 1 aliphatic rings. The lowest BCUT2D eigenvalue weighted by Crippen LogP contribution is -1.64. The van der Waals surface area contributed by atoms with Gasteiger partial charge in [-0.15, -0.1) is 0 Å². The predicted molar refractivity (Wildman–Crippen MR) is 30.5 cm³/mol. The Hall–Kier alpha value is 0.350. The van der Waals surface area contributed by atoms with E-state index in [9.17, 15) is 0 Å². The maximum absolute atomic E-state index is 2.32. The van der Waals surface area contributed by atoms with E-state index >= 15 is 0 Å². The highest BCUT2D eigenvalue weighted by Crippen LogP contribution is 2.34. The minimum absolute atomic E-state index is 0.986. The van der Waals surface area contributed by atoms with Gasteiger partial charge in [-0.3, -0.25) is 0 Å². The summed E-state index contributed by atoms with van der Waals surface area (Å²) >= 11 is 1.85. The summed E-state index contributed by atoms with van der Waals surface area (Å²) < 4.78 is 0. The molecule has 1 saturated carbocycles. The van der Waals surface area contributed by atoms with E-state index in [1.165, 1.54) is 12.8 Å². The minimum atomic E-state index is 0.986. The minimum Gasteiger partial charge on any atom is -0.161 e. The Morgan fingerprint density at radius 1 is 1.67 bits per heavy atom. The largest absolute Gasteiger partial charge is 0.161 e. The Kier molecular flexibility index (Phi) is 1.41. The Labute approximate surface area is 43.3 Å². The summed E-state index contributed by atoms with van der Waals surface area (Å²) in [5.41, 5.74) is 0. The maximum atomic E-state index is 2.32. The molecule has 0 aromatic heterocycles. The third kappa shape index (κ3) is 1.21. The first-order valence-corrected chi connectivity index (χ1v) is 3.58. The van der Waals surface area contributed by atoms with Crippen LogP contribution < -0.4 is 0 Å². The lowest BCUT2D eigenvalue weighted by Gasteiger charge is -1.82. The molecule has 0 saturated heterocycles. The summed E-state index contributed by atoms with van der Waals surface area (Å²) in [4.78, 5) is 0. The summed E-state index contributed by atoms with van der Waals surface area (Å²) in [7, 11) is 0. The first-order valence-electron chi connectivity index (χ1n) is 2.29. The molecule has 1 radical (unpaired) electrons. The number of hydrogen-bond acceptors (Lipinski definition) is 1. The topological polar surface area (TPSA) is 0 Å². The zero-order valence-corrected chi connectivity index (χ0v) is 4.79. The van der Waals surface area contributed by atoms with E-state index in [4.69, 9.17) is 0 Å². The van der Waals surface area contributed by atoms with Gasteiger partial charge < -0.3 is 0 Å². The Bertz CT molecular complexity index is 39.2. The second-order valence-corrected chi connectivity index (χ2v) is 2.45. The van der Waals surface area contributed by atoms with Crippen molar-refractivity contribution < 1.29 is 0 Å². The molecule has 0 heterocycles. The SMILES string of the molecule is CS[CH]C1CC1. The Morgan fingerprint density at radius 3 is 2.50 bits per heavy atom. The molecule has 6 heavy (non-hydrogen) atoms. The van der Waals surface area contributed by atoms with Crippen LogP contribution in [0.1, 0.15) is 12.8 Å². The summed E-state index contributed by atoms with van der Waals surface area (Å²) in [5, 5.41) is 0. The molecule has 1 aliphatic carbocycles. The monoisotopic (exact) mass is 101 g/mol. The first-order chi connectivity index (χ1) is 2.93. The van der Waals surface area contributed by atoms with Crippen LogP contribution in [0.5, 0.6) is 0 Å². The van der Waals surface area contributed by atoms with Crippen LogP contribution in [-0.2, 0) is 0 Å². The van der Waals surface area contributed by atoms with Crippen LogP contribution in [0, 0.1) is 11.7 Å². The zero-order chi connectivity index (χ0) is 4.41. The third-order valence-electron chi connectivity index (χ3n) is 0.951. The van der Waals surface area contributed by atoms with Gasteiger partial charge in [-0.25, -0.2) is 0 Å². The molecule has 1 heteroatoms. The molecule has 35 valence electrons. The number of rotatable bonds is 2. The average molecular weight is 101 g/mol. The second kappa shape index (κ2) is 1.87. The molecule has 0 bridgehead atoms. The van der Waals surface area contributed by atoms with Gasteiger partial charge in [0.2, 0.25) is 0 Å². The lowest BCUT2D eigenvalue weighted by atomic mass is 10.5. The van der Waals surface area contributed by atoms with Crippen molar-refractivity contribution in [2.45, 2.75) is 12.8 Å². The molecular formula is C5H9S. The molecule has 0 unspecified atom stereocenters. The molecule has 0 nitrogen and oxygen atoms in total. The van der Waals surface area contributed by atoms with Crippen molar-refractivity contribution >= 4 is 11.8 Å². The fourth-order valence-corrected chi connectivity index (χ4v) is 1.08. The summed E-state index contributed by atoms with van der Waals surface area (Å²) in [6, 6.07) is 0. The van der Waals surface area contributed by atoms with Crippen LogP contribution in [0.3, 0.4) is 0 Å². The van der Waals surface area contributed by atoms with E-state index < -0.39 is 0 Å². The maximum Gasteiger partial charge on any atom is 0.0194 e. The third-order valence-corrected chi connectivity index (χ3v) is 1.61. The van der Waals surface area contributed by atoms with E-state index in [1.54, 1.807) is 0 Å².